The number of benzene rings is 6. The maximum Gasteiger partial charge on any atom is 0.284 e. The topological polar surface area (TPSA) is 208 Å². The summed E-state index contributed by atoms with van der Waals surface area (Å²) in [6.45, 7) is 40.0. The third kappa shape index (κ3) is 39.6. The van der Waals surface area contributed by atoms with Crippen LogP contribution in [0.25, 0.3) is 16.8 Å². The summed E-state index contributed by atoms with van der Waals surface area (Å²) in [7, 11) is -4.83. The number of β-lactam (4-membered cyclic amide) rings is 4. The summed E-state index contributed by atoms with van der Waals surface area (Å²) in [5.41, 5.74) is 6.26. The molecular formula is C75H116N4O10S2. The Bertz CT molecular complexity index is 2870. The number of amides is 4. The Morgan fingerprint density at radius 1 is 0.418 bits per heavy atom. The Kier molecular flexibility index (Phi) is 56.5. The average Bonchev–Trinajstić information content (AvgIpc) is 0.920. The minimum absolute atomic E-state index is 0.0637. The molecule has 6 aromatic carbocycles. The molecule has 508 valence electrons. The molecule has 2 N–H and O–H groups in total. The predicted octanol–water partition coefficient (Wildman–Crippen LogP) is 18.8. The van der Waals surface area contributed by atoms with Crippen molar-refractivity contribution in [2.45, 2.75) is 189 Å². The van der Waals surface area contributed by atoms with Crippen LogP contribution in [0, 0.1) is 12.3 Å². The third-order valence-electron chi connectivity index (χ3n) is 11.5. The number of nitrogens with zero attached hydrogens (tertiary/aromatic N) is 4. The van der Waals surface area contributed by atoms with E-state index in [1.165, 1.54) is 98.1 Å². The first-order chi connectivity index (χ1) is 43.2. The molecule has 2 saturated heterocycles. The standard InChI is InChI=1S/C10H10.C10H8.C7H6N2O4.C7H10N2.C7H8.2C6H6.C4H10.2C3H8.2C2H6O3S.4C2H6/c1-8-6-9-4-2-3-5-10(9)7-8;1-2-6-10-8-4-3-7-9(10)5-1;1-8-3(10)7(4(8)11)5(12)9(2)6(7)13;1-5-3-7(8-5)4-6(2)9-7;1-7-5-3-2-4-6-7;2*1-2-4-6-5-3-1;1-3-4-2;2*1-3-2;2*1-2-6(3,4)5;4*1-2/h2-6H,7H2,1H3;1-8H;1-2H3;3-4H2,1-2H3;2-6H,1H3;2*1-6H;3-4H2,1-2H3;2*3H2,1-2H3;2*2H2,1H3,(H,3,4,5);4*1-2H3. The van der Waals surface area contributed by atoms with Crippen LogP contribution in [-0.2, 0) is 45.8 Å². The third-order valence-corrected chi connectivity index (χ3v) is 12.9. The van der Waals surface area contributed by atoms with E-state index in [1.54, 1.807) is 0 Å². The van der Waals surface area contributed by atoms with E-state index >= 15 is 0 Å². The summed E-state index contributed by atoms with van der Waals surface area (Å²) in [4.78, 5) is 55.0. The first-order valence-corrected chi connectivity index (χ1v) is 35.3. The highest BCUT2D eigenvalue weighted by Crippen LogP contribution is 2.43. The molecule has 4 aliphatic heterocycles. The number of unbranched alkanes of at least 4 members (excludes halogenated alkanes) is 1. The van der Waals surface area contributed by atoms with E-state index in [0.29, 0.717) is 0 Å². The lowest BCUT2D eigenvalue weighted by Crippen LogP contribution is -2.82. The molecular weight excluding hydrogens is 1180 g/mol. The van der Waals surface area contributed by atoms with E-state index in [9.17, 15) is 36.0 Å². The number of hydrogen-bond donors (Lipinski definition) is 2. The molecule has 0 aromatic heterocycles. The summed E-state index contributed by atoms with van der Waals surface area (Å²) < 4.78 is 53.8. The van der Waals surface area contributed by atoms with Crippen LogP contribution in [-0.4, -0.2) is 102 Å². The summed E-state index contributed by atoms with van der Waals surface area (Å²) in [5.74, 6) is -3.27. The Balaban J connectivity index is -0.000000298. The molecule has 0 saturated carbocycles. The van der Waals surface area contributed by atoms with Gasteiger partial charge in [-0.2, -0.15) is 16.8 Å². The quantitative estimate of drug-likeness (QED) is 0.0973. The lowest BCUT2D eigenvalue weighted by atomic mass is 9.69. The summed E-state index contributed by atoms with van der Waals surface area (Å²) in [6, 6.07) is 59.5. The van der Waals surface area contributed by atoms with Crippen molar-refractivity contribution in [1.29, 1.82) is 0 Å². The van der Waals surface area contributed by atoms with Gasteiger partial charge in [0, 0.05) is 38.4 Å². The summed E-state index contributed by atoms with van der Waals surface area (Å²) in [5, 5.41) is 2.62. The van der Waals surface area contributed by atoms with E-state index in [-0.39, 0.29) is 17.2 Å². The molecule has 4 heterocycles. The normalized spacial score (nSPS) is 13.3. The first kappa shape index (κ1) is 92.5. The van der Waals surface area contributed by atoms with Crippen LogP contribution >= 0.6 is 0 Å². The van der Waals surface area contributed by atoms with Gasteiger partial charge in [-0.05, 0) is 69.9 Å². The molecule has 2 fully saturated rings. The second kappa shape index (κ2) is 55.6. The molecule has 91 heavy (non-hydrogen) atoms. The molecule has 5 aliphatic rings. The van der Waals surface area contributed by atoms with Crippen LogP contribution in [0.2, 0.25) is 0 Å². The maximum absolute atomic E-state index is 11.2. The van der Waals surface area contributed by atoms with Crippen molar-refractivity contribution in [3.8, 4) is 0 Å². The van der Waals surface area contributed by atoms with Gasteiger partial charge in [0.15, 0.2) is 5.66 Å². The Morgan fingerprint density at radius 3 is 0.857 bits per heavy atom. The fraction of sp³-hybridized carbons (Fsp3) is 0.440. The van der Waals surface area contributed by atoms with E-state index in [2.05, 4.69) is 170 Å². The van der Waals surface area contributed by atoms with Crippen molar-refractivity contribution in [2.75, 3.05) is 25.6 Å². The first-order valence-electron chi connectivity index (χ1n) is 32.1. The molecule has 0 radical (unpaired) electrons. The van der Waals surface area contributed by atoms with Crippen molar-refractivity contribution in [3.05, 3.63) is 198 Å². The van der Waals surface area contributed by atoms with Crippen molar-refractivity contribution >= 4 is 72.1 Å². The zero-order valence-electron chi connectivity index (χ0n) is 59.5. The SMILES string of the molecule is CC.CC.CC.CC.CC1=Cc2ccccc2C1.CC1=NC2(C1)CC(C)=N2.CCC.CCC.CCCC.CCS(=O)(=O)O.CCS(=O)(=O)O.CN1C(=O)C2(C1=O)C(=O)N(C)C2=O.Cc1ccccc1.c1ccc2ccccc2c1.c1ccccc1.c1ccccc1. The molecule has 4 amide bonds. The van der Waals surface area contributed by atoms with Gasteiger partial charge in [-0.1, -0.05) is 316 Å². The molecule has 0 bridgehead atoms. The highest BCUT2D eigenvalue weighted by Gasteiger charge is 2.78. The van der Waals surface area contributed by atoms with Crippen LogP contribution in [0.5, 0.6) is 0 Å². The highest BCUT2D eigenvalue weighted by molar-refractivity contribution is 7.85. The number of fused-ring (bicyclic) bond motifs is 2. The molecule has 0 unspecified atom stereocenters. The average molecular weight is 1300 g/mol. The number of carbonyl (C=O) groups is 4. The molecule has 16 heteroatoms. The number of rotatable bonds is 3. The second-order valence-electron chi connectivity index (χ2n) is 19.5. The van der Waals surface area contributed by atoms with Crippen molar-refractivity contribution in [1.82, 2.24) is 9.80 Å². The van der Waals surface area contributed by atoms with Crippen LogP contribution in [0.15, 0.2) is 191 Å². The van der Waals surface area contributed by atoms with Gasteiger partial charge in [0.1, 0.15) is 0 Å². The van der Waals surface area contributed by atoms with E-state index in [1.807, 2.05) is 146 Å². The molecule has 6 aromatic rings. The zero-order chi connectivity index (χ0) is 71.1. The maximum atomic E-state index is 11.2. The van der Waals surface area contributed by atoms with E-state index in [0.717, 1.165) is 29.1 Å². The Labute approximate surface area is 552 Å². The predicted molar refractivity (Wildman–Crippen MR) is 390 cm³/mol. The monoisotopic (exact) mass is 1300 g/mol. The minimum Gasteiger partial charge on any atom is -0.286 e. The number of likely N-dealkylation sites (tertiary alicyclic amines) is 2. The second-order valence-corrected chi connectivity index (χ2v) is 22.9. The van der Waals surface area contributed by atoms with E-state index in [4.69, 9.17) is 9.11 Å². The molecule has 14 nitrogen and oxygen atoms in total. The number of imide groups is 2. The summed E-state index contributed by atoms with van der Waals surface area (Å²) >= 11 is 0. The van der Waals surface area contributed by atoms with Crippen molar-refractivity contribution in [2.24, 2.45) is 15.4 Å². The Hall–Kier alpha value is -7.24. The molecule has 2 spiro atoms. The van der Waals surface area contributed by atoms with E-state index < -0.39 is 49.3 Å². The van der Waals surface area contributed by atoms with Crippen LogP contribution < -0.4 is 0 Å². The van der Waals surface area contributed by atoms with Crippen LogP contribution in [0.1, 0.15) is 187 Å². The highest BCUT2D eigenvalue weighted by atomic mass is 32.2. The molecule has 0 atom stereocenters. The molecule has 1 aliphatic carbocycles. The lowest BCUT2D eigenvalue weighted by Gasteiger charge is -2.50. The van der Waals surface area contributed by atoms with Gasteiger partial charge in [0.2, 0.25) is 0 Å². The van der Waals surface area contributed by atoms with Gasteiger partial charge in [-0.15, -0.1) is 0 Å². The number of carbonyl (C=O) groups excluding carboxylic acids is 4. The van der Waals surface area contributed by atoms with Gasteiger partial charge >= 0.3 is 0 Å². The number of aryl methyl sites for hydroxylation is 1. The number of hydrogen-bond acceptors (Lipinski definition) is 10. The van der Waals surface area contributed by atoms with Crippen LogP contribution in [0.4, 0.5) is 0 Å². The van der Waals surface area contributed by atoms with Gasteiger partial charge < -0.3 is 0 Å². The Morgan fingerprint density at radius 2 is 0.648 bits per heavy atom. The fourth-order valence-corrected chi connectivity index (χ4v) is 7.20. The number of allylic oxidation sites excluding steroid dienone is 1. The largest absolute Gasteiger partial charge is 0.286 e. The van der Waals surface area contributed by atoms with Gasteiger partial charge in [-0.25, -0.2) is 0 Å². The van der Waals surface area contributed by atoms with Gasteiger partial charge in [0.05, 0.1) is 11.5 Å². The molecule has 11 rings (SSSR count). The minimum atomic E-state index is -3.66. The van der Waals surface area contributed by atoms with Crippen molar-refractivity contribution < 1.29 is 45.1 Å². The summed E-state index contributed by atoms with van der Waals surface area (Å²) in [6.07, 6.45) is 10.8. The van der Waals surface area contributed by atoms with Crippen LogP contribution in [0.3, 0.4) is 0 Å². The van der Waals surface area contributed by atoms with Gasteiger partial charge in [0.25, 0.3) is 49.3 Å². The number of aliphatic imine (C=N–C) groups is 2. The van der Waals surface area contributed by atoms with Gasteiger partial charge in [-0.3, -0.25) is 48.1 Å². The lowest BCUT2D eigenvalue weighted by molar-refractivity contribution is -0.196. The van der Waals surface area contributed by atoms with Crippen molar-refractivity contribution in [3.63, 3.8) is 0 Å². The zero-order valence-corrected chi connectivity index (χ0v) is 61.1. The smallest absolute Gasteiger partial charge is 0.284 e. The fourth-order valence-electron chi connectivity index (χ4n) is 7.20.